The molecule has 0 saturated carbocycles. The SMILES string of the molecule is CN(C)c1cccc(C(=O)N/N=C/c2ccc(OCc3ccc(I)cc3)cc2)c1. The molecule has 3 rings (SSSR count). The highest BCUT2D eigenvalue weighted by atomic mass is 127. The number of nitrogens with zero attached hydrogens (tertiary/aromatic N) is 2. The molecule has 0 aliphatic rings. The minimum atomic E-state index is -0.248. The molecule has 0 fully saturated rings. The molecule has 0 aromatic heterocycles. The molecule has 3 aromatic carbocycles. The van der Waals surface area contributed by atoms with Gasteiger partial charge < -0.3 is 9.64 Å². The molecule has 1 amide bonds. The van der Waals surface area contributed by atoms with Gasteiger partial charge in [-0.05, 0) is 88.3 Å². The molecular formula is C23H22IN3O2. The second kappa shape index (κ2) is 10.1. The first-order chi connectivity index (χ1) is 14.0. The highest BCUT2D eigenvalue weighted by Gasteiger charge is 2.05. The minimum Gasteiger partial charge on any atom is -0.489 e. The fraction of sp³-hybridized carbons (Fsp3) is 0.130. The predicted octanol–water partition coefficient (Wildman–Crippen LogP) is 4.70. The maximum absolute atomic E-state index is 12.2. The normalized spacial score (nSPS) is 10.7. The molecule has 5 nitrogen and oxygen atoms in total. The van der Waals surface area contributed by atoms with Crippen LogP contribution in [0.2, 0.25) is 0 Å². The van der Waals surface area contributed by atoms with E-state index in [-0.39, 0.29) is 5.91 Å². The fourth-order valence-corrected chi connectivity index (χ4v) is 2.91. The molecule has 6 heteroatoms. The summed E-state index contributed by atoms with van der Waals surface area (Å²) in [5.74, 6) is 0.535. The van der Waals surface area contributed by atoms with Gasteiger partial charge in [-0.2, -0.15) is 5.10 Å². The molecule has 0 bridgehead atoms. The Morgan fingerprint density at radius 1 is 1.07 bits per heavy atom. The number of nitrogens with one attached hydrogen (secondary N) is 1. The lowest BCUT2D eigenvalue weighted by Gasteiger charge is -2.12. The molecule has 1 N–H and O–H groups in total. The maximum atomic E-state index is 12.2. The smallest absolute Gasteiger partial charge is 0.271 e. The standard InChI is InChI=1S/C23H22IN3O2/c1-27(2)21-5-3-4-19(14-21)23(28)26-25-15-17-8-12-22(13-9-17)29-16-18-6-10-20(24)11-7-18/h3-15H,16H2,1-2H3,(H,26,28)/b25-15+. The Morgan fingerprint density at radius 2 is 1.79 bits per heavy atom. The second-order valence-electron chi connectivity index (χ2n) is 6.63. The monoisotopic (exact) mass is 499 g/mol. The quantitative estimate of drug-likeness (QED) is 0.291. The van der Waals surface area contributed by atoms with Gasteiger partial charge in [0.05, 0.1) is 6.21 Å². The van der Waals surface area contributed by atoms with Crippen molar-refractivity contribution >= 4 is 40.4 Å². The highest BCUT2D eigenvalue weighted by molar-refractivity contribution is 14.1. The molecular weight excluding hydrogens is 477 g/mol. The zero-order chi connectivity index (χ0) is 20.6. The van der Waals surface area contributed by atoms with E-state index in [1.54, 1.807) is 12.3 Å². The molecule has 148 valence electrons. The van der Waals surface area contributed by atoms with Crippen LogP contribution in [0.1, 0.15) is 21.5 Å². The summed E-state index contributed by atoms with van der Waals surface area (Å²) >= 11 is 2.28. The number of carbonyl (C=O) groups is 1. The van der Waals surface area contributed by atoms with Crippen molar-refractivity contribution in [1.29, 1.82) is 0 Å². The second-order valence-corrected chi connectivity index (χ2v) is 7.87. The van der Waals surface area contributed by atoms with Gasteiger partial charge in [-0.15, -0.1) is 0 Å². The molecule has 0 atom stereocenters. The van der Waals surface area contributed by atoms with E-state index >= 15 is 0 Å². The lowest BCUT2D eigenvalue weighted by atomic mass is 10.2. The minimum absolute atomic E-state index is 0.248. The van der Waals surface area contributed by atoms with Gasteiger partial charge in [-0.3, -0.25) is 4.79 Å². The van der Waals surface area contributed by atoms with Crippen molar-refractivity contribution in [1.82, 2.24) is 5.43 Å². The molecule has 0 saturated heterocycles. The van der Waals surface area contributed by atoms with Gasteiger partial charge in [0.25, 0.3) is 5.91 Å². The Morgan fingerprint density at radius 3 is 2.48 bits per heavy atom. The van der Waals surface area contributed by atoms with Crippen LogP contribution in [0, 0.1) is 3.57 Å². The van der Waals surface area contributed by atoms with Crippen LogP contribution in [0.3, 0.4) is 0 Å². The number of rotatable bonds is 7. The van der Waals surface area contributed by atoms with Crippen LogP contribution in [0.15, 0.2) is 77.9 Å². The lowest BCUT2D eigenvalue weighted by molar-refractivity contribution is 0.0955. The molecule has 0 unspecified atom stereocenters. The molecule has 0 aliphatic carbocycles. The molecule has 0 heterocycles. The lowest BCUT2D eigenvalue weighted by Crippen LogP contribution is -2.18. The number of hydrogen-bond donors (Lipinski definition) is 1. The van der Waals surface area contributed by atoms with Crippen molar-refractivity contribution in [3.63, 3.8) is 0 Å². The number of benzene rings is 3. The van der Waals surface area contributed by atoms with Gasteiger partial charge >= 0.3 is 0 Å². The summed E-state index contributed by atoms with van der Waals surface area (Å²) < 4.78 is 7.00. The Kier molecular flexibility index (Phi) is 7.24. The average molecular weight is 499 g/mol. The van der Waals surface area contributed by atoms with Crippen molar-refractivity contribution in [3.8, 4) is 5.75 Å². The third kappa shape index (κ3) is 6.32. The van der Waals surface area contributed by atoms with Crippen LogP contribution in [0.25, 0.3) is 0 Å². The summed E-state index contributed by atoms with van der Waals surface area (Å²) in [6, 6.07) is 23.2. The van der Waals surface area contributed by atoms with Crippen molar-refractivity contribution in [2.24, 2.45) is 5.10 Å². The first kappa shape index (κ1) is 20.9. The number of anilines is 1. The van der Waals surface area contributed by atoms with Crippen molar-refractivity contribution in [3.05, 3.63) is 93.1 Å². The third-order valence-corrected chi connectivity index (χ3v) is 4.92. The van der Waals surface area contributed by atoms with E-state index in [1.807, 2.05) is 61.5 Å². The van der Waals surface area contributed by atoms with Crippen LogP contribution in [-0.2, 0) is 6.61 Å². The van der Waals surface area contributed by atoms with Crippen molar-refractivity contribution in [2.45, 2.75) is 6.61 Å². The van der Waals surface area contributed by atoms with Crippen LogP contribution in [0.5, 0.6) is 5.75 Å². The Hall–Kier alpha value is -2.87. The summed E-state index contributed by atoms with van der Waals surface area (Å²) in [5, 5.41) is 4.04. The molecule has 0 radical (unpaired) electrons. The van der Waals surface area contributed by atoms with Crippen molar-refractivity contribution in [2.75, 3.05) is 19.0 Å². The number of halogens is 1. The van der Waals surface area contributed by atoms with Gasteiger partial charge in [0.1, 0.15) is 12.4 Å². The molecule has 3 aromatic rings. The summed E-state index contributed by atoms with van der Waals surface area (Å²) in [6.45, 7) is 0.520. The first-order valence-electron chi connectivity index (χ1n) is 9.09. The average Bonchev–Trinajstić information content (AvgIpc) is 2.74. The van der Waals surface area contributed by atoms with Gasteiger partial charge in [0.15, 0.2) is 0 Å². The van der Waals surface area contributed by atoms with Crippen LogP contribution in [-0.4, -0.2) is 26.2 Å². The van der Waals surface area contributed by atoms with E-state index < -0.39 is 0 Å². The number of hydrogen-bond acceptors (Lipinski definition) is 4. The van der Waals surface area contributed by atoms with Gasteiger partial charge in [-0.25, -0.2) is 5.43 Å². The topological polar surface area (TPSA) is 53.9 Å². The van der Waals surface area contributed by atoms with E-state index in [4.69, 9.17) is 4.74 Å². The van der Waals surface area contributed by atoms with E-state index in [1.165, 1.54) is 3.57 Å². The number of carbonyl (C=O) groups excluding carboxylic acids is 1. The predicted molar refractivity (Wildman–Crippen MR) is 126 cm³/mol. The van der Waals surface area contributed by atoms with E-state index in [2.05, 4.69) is 57.4 Å². The Labute approximate surface area is 184 Å². The van der Waals surface area contributed by atoms with E-state index in [0.717, 1.165) is 22.6 Å². The largest absolute Gasteiger partial charge is 0.489 e. The fourth-order valence-electron chi connectivity index (χ4n) is 2.55. The zero-order valence-corrected chi connectivity index (χ0v) is 18.5. The summed E-state index contributed by atoms with van der Waals surface area (Å²) in [4.78, 5) is 14.2. The van der Waals surface area contributed by atoms with E-state index in [9.17, 15) is 4.79 Å². The Bertz CT molecular complexity index is 984. The molecule has 0 spiro atoms. The van der Waals surface area contributed by atoms with Gasteiger partial charge in [0, 0.05) is 28.9 Å². The molecule has 0 aliphatic heterocycles. The van der Waals surface area contributed by atoms with Crippen LogP contribution >= 0.6 is 22.6 Å². The van der Waals surface area contributed by atoms with Gasteiger partial charge in [0.2, 0.25) is 0 Å². The highest BCUT2D eigenvalue weighted by Crippen LogP contribution is 2.15. The summed E-state index contributed by atoms with van der Waals surface area (Å²) in [7, 11) is 3.87. The number of ether oxygens (including phenoxy) is 1. The van der Waals surface area contributed by atoms with Crippen molar-refractivity contribution < 1.29 is 9.53 Å². The summed E-state index contributed by atoms with van der Waals surface area (Å²) in [6.07, 6.45) is 1.61. The number of amides is 1. The zero-order valence-electron chi connectivity index (χ0n) is 16.3. The third-order valence-electron chi connectivity index (χ3n) is 4.20. The van der Waals surface area contributed by atoms with Gasteiger partial charge in [-0.1, -0.05) is 18.2 Å². The van der Waals surface area contributed by atoms with Crippen LogP contribution in [0.4, 0.5) is 5.69 Å². The number of hydrazone groups is 1. The maximum Gasteiger partial charge on any atom is 0.271 e. The first-order valence-corrected chi connectivity index (χ1v) is 10.2. The summed E-state index contributed by atoms with van der Waals surface area (Å²) in [5.41, 5.74) is 6.07. The molecule has 29 heavy (non-hydrogen) atoms. The van der Waals surface area contributed by atoms with Crippen LogP contribution < -0.4 is 15.1 Å². The Balaban J connectivity index is 1.52. The van der Waals surface area contributed by atoms with E-state index in [0.29, 0.717) is 12.2 Å².